The zero-order chi connectivity index (χ0) is 14.3. The first-order valence-electron chi connectivity index (χ1n) is 6.64. The number of likely N-dealkylation sites (N-methyl/N-ethyl adjacent to an activating group) is 1. The number of hydrogen-bond acceptors (Lipinski definition) is 3. The van der Waals surface area contributed by atoms with E-state index in [0.29, 0.717) is 13.2 Å². The lowest BCUT2D eigenvalue weighted by Gasteiger charge is -2.17. The molecule has 0 aliphatic rings. The maximum Gasteiger partial charge on any atom is 0.234 e. The molecule has 19 heavy (non-hydrogen) atoms. The van der Waals surface area contributed by atoms with Gasteiger partial charge in [0.1, 0.15) is 12.4 Å². The van der Waals surface area contributed by atoms with E-state index in [1.807, 2.05) is 57.0 Å². The third-order valence-electron chi connectivity index (χ3n) is 2.59. The Hall–Kier alpha value is -1.55. The molecule has 0 aliphatic carbocycles. The smallest absolute Gasteiger partial charge is 0.234 e. The number of amides is 1. The van der Waals surface area contributed by atoms with Crippen LogP contribution in [0.2, 0.25) is 0 Å². The van der Waals surface area contributed by atoms with Crippen molar-refractivity contribution in [3.8, 4) is 5.75 Å². The van der Waals surface area contributed by atoms with Crippen LogP contribution in [0.3, 0.4) is 0 Å². The number of benzene rings is 1. The summed E-state index contributed by atoms with van der Waals surface area (Å²) >= 11 is 0. The molecule has 1 aromatic carbocycles. The average molecular weight is 264 g/mol. The first kappa shape index (κ1) is 15.5. The summed E-state index contributed by atoms with van der Waals surface area (Å²) in [7, 11) is 1.92. The minimum absolute atomic E-state index is 0.0491. The molecule has 0 spiro atoms. The molecule has 0 unspecified atom stereocenters. The monoisotopic (exact) mass is 264 g/mol. The van der Waals surface area contributed by atoms with Gasteiger partial charge in [0, 0.05) is 12.6 Å². The van der Waals surface area contributed by atoms with Gasteiger partial charge in [-0.2, -0.15) is 0 Å². The molecule has 1 aromatic rings. The summed E-state index contributed by atoms with van der Waals surface area (Å²) in [4.78, 5) is 13.5. The maximum atomic E-state index is 11.5. The Morgan fingerprint density at radius 2 is 2.16 bits per heavy atom. The summed E-state index contributed by atoms with van der Waals surface area (Å²) in [6.07, 6.45) is 0. The molecule has 0 radical (unpaired) electrons. The Kier molecular flexibility index (Phi) is 6.36. The molecule has 0 fully saturated rings. The molecule has 1 amide bonds. The summed E-state index contributed by atoms with van der Waals surface area (Å²) in [6, 6.07) is 8.15. The van der Waals surface area contributed by atoms with Crippen LogP contribution < -0.4 is 10.1 Å². The molecule has 0 aliphatic heterocycles. The summed E-state index contributed by atoms with van der Waals surface area (Å²) in [5, 5.41) is 2.87. The first-order chi connectivity index (χ1) is 8.97. The Bertz CT molecular complexity index is 405. The zero-order valence-electron chi connectivity index (χ0n) is 12.3. The van der Waals surface area contributed by atoms with Crippen molar-refractivity contribution in [1.82, 2.24) is 10.2 Å². The molecule has 106 valence electrons. The minimum Gasteiger partial charge on any atom is -0.492 e. The van der Waals surface area contributed by atoms with Gasteiger partial charge in [-0.15, -0.1) is 0 Å². The van der Waals surface area contributed by atoms with Gasteiger partial charge >= 0.3 is 0 Å². The van der Waals surface area contributed by atoms with Crippen LogP contribution in [0.5, 0.6) is 5.75 Å². The zero-order valence-corrected chi connectivity index (χ0v) is 12.3. The van der Waals surface area contributed by atoms with Crippen LogP contribution >= 0.6 is 0 Å². The fraction of sp³-hybridized carbons (Fsp3) is 0.533. The lowest BCUT2D eigenvalue weighted by Crippen LogP contribution is -2.39. The Morgan fingerprint density at radius 3 is 2.79 bits per heavy atom. The van der Waals surface area contributed by atoms with Gasteiger partial charge in [0.05, 0.1) is 6.54 Å². The van der Waals surface area contributed by atoms with E-state index in [9.17, 15) is 4.79 Å². The van der Waals surface area contributed by atoms with Crippen molar-refractivity contribution in [1.29, 1.82) is 0 Å². The molecule has 0 bridgehead atoms. The van der Waals surface area contributed by atoms with Crippen LogP contribution in [-0.2, 0) is 4.79 Å². The van der Waals surface area contributed by atoms with Crippen molar-refractivity contribution < 1.29 is 9.53 Å². The predicted molar refractivity (Wildman–Crippen MR) is 77.4 cm³/mol. The Morgan fingerprint density at radius 1 is 1.42 bits per heavy atom. The van der Waals surface area contributed by atoms with E-state index in [4.69, 9.17) is 4.74 Å². The van der Waals surface area contributed by atoms with E-state index < -0.39 is 0 Å². The van der Waals surface area contributed by atoms with Crippen molar-refractivity contribution in [2.75, 3.05) is 26.7 Å². The van der Waals surface area contributed by atoms with E-state index in [0.717, 1.165) is 12.3 Å². The quantitative estimate of drug-likeness (QED) is 0.817. The highest BCUT2D eigenvalue weighted by Crippen LogP contribution is 2.11. The van der Waals surface area contributed by atoms with Gasteiger partial charge in [-0.1, -0.05) is 12.1 Å². The highest BCUT2D eigenvalue weighted by atomic mass is 16.5. The molecule has 0 heterocycles. The molecule has 1 N–H and O–H groups in total. The van der Waals surface area contributed by atoms with Gasteiger partial charge < -0.3 is 10.1 Å². The highest BCUT2D eigenvalue weighted by Gasteiger charge is 2.07. The van der Waals surface area contributed by atoms with Gasteiger partial charge in [0.2, 0.25) is 5.91 Å². The van der Waals surface area contributed by atoms with Crippen molar-refractivity contribution in [3.05, 3.63) is 29.8 Å². The Labute approximate surface area is 115 Å². The number of ether oxygens (including phenoxy) is 1. The van der Waals surface area contributed by atoms with Gasteiger partial charge in [-0.3, -0.25) is 9.69 Å². The van der Waals surface area contributed by atoms with Crippen molar-refractivity contribution in [2.45, 2.75) is 26.8 Å². The molecular formula is C15H24N2O2. The summed E-state index contributed by atoms with van der Waals surface area (Å²) < 4.78 is 5.65. The largest absolute Gasteiger partial charge is 0.492 e. The van der Waals surface area contributed by atoms with Gasteiger partial charge in [-0.05, 0) is 45.5 Å². The van der Waals surface area contributed by atoms with E-state index in [-0.39, 0.29) is 11.9 Å². The van der Waals surface area contributed by atoms with Crippen LogP contribution in [0.4, 0.5) is 0 Å². The predicted octanol–water partition coefficient (Wildman–Crippen LogP) is 1.83. The lowest BCUT2D eigenvalue weighted by atomic mass is 10.2. The van der Waals surface area contributed by atoms with Crippen LogP contribution in [0, 0.1) is 6.92 Å². The standard InChI is InChI=1S/C15H24N2O2/c1-12(2)16-15(18)11-17(4)8-9-19-14-7-5-6-13(3)10-14/h5-7,10,12H,8-9,11H2,1-4H3,(H,16,18). The van der Waals surface area contributed by atoms with Crippen LogP contribution in [0.15, 0.2) is 24.3 Å². The minimum atomic E-state index is 0.0491. The van der Waals surface area contributed by atoms with E-state index >= 15 is 0 Å². The molecule has 0 saturated carbocycles. The molecular weight excluding hydrogens is 240 g/mol. The number of nitrogens with zero attached hydrogens (tertiary/aromatic N) is 1. The van der Waals surface area contributed by atoms with Crippen molar-refractivity contribution in [2.24, 2.45) is 0 Å². The highest BCUT2D eigenvalue weighted by molar-refractivity contribution is 5.78. The number of rotatable bonds is 7. The van der Waals surface area contributed by atoms with Crippen molar-refractivity contribution in [3.63, 3.8) is 0 Å². The normalized spacial score (nSPS) is 10.8. The maximum absolute atomic E-state index is 11.5. The summed E-state index contributed by atoms with van der Waals surface area (Å²) in [5.41, 5.74) is 1.18. The third-order valence-corrected chi connectivity index (χ3v) is 2.59. The van der Waals surface area contributed by atoms with Crippen LogP contribution in [-0.4, -0.2) is 43.6 Å². The second-order valence-electron chi connectivity index (χ2n) is 5.12. The Balaban J connectivity index is 2.23. The van der Waals surface area contributed by atoms with E-state index in [1.54, 1.807) is 0 Å². The molecule has 1 rings (SSSR count). The summed E-state index contributed by atoms with van der Waals surface area (Å²) in [6.45, 7) is 7.65. The second-order valence-corrected chi connectivity index (χ2v) is 5.12. The molecule has 0 saturated heterocycles. The molecule has 0 atom stereocenters. The second kappa shape index (κ2) is 7.79. The van der Waals surface area contributed by atoms with Crippen molar-refractivity contribution >= 4 is 5.91 Å². The fourth-order valence-electron chi connectivity index (χ4n) is 1.72. The molecule has 4 nitrogen and oxygen atoms in total. The molecule has 0 aromatic heterocycles. The van der Waals surface area contributed by atoms with Crippen LogP contribution in [0.1, 0.15) is 19.4 Å². The SMILES string of the molecule is Cc1cccc(OCCN(C)CC(=O)NC(C)C)c1. The van der Waals surface area contributed by atoms with Gasteiger partial charge in [0.25, 0.3) is 0 Å². The van der Waals surface area contributed by atoms with Crippen LogP contribution in [0.25, 0.3) is 0 Å². The summed E-state index contributed by atoms with van der Waals surface area (Å²) in [5.74, 6) is 0.924. The number of aryl methyl sites for hydroxylation is 1. The number of carbonyl (C=O) groups excluding carboxylic acids is 1. The lowest BCUT2D eigenvalue weighted by molar-refractivity contribution is -0.122. The number of hydrogen-bond donors (Lipinski definition) is 1. The third kappa shape index (κ3) is 6.82. The van der Waals surface area contributed by atoms with E-state index in [2.05, 4.69) is 5.32 Å². The fourth-order valence-corrected chi connectivity index (χ4v) is 1.72. The van der Waals surface area contributed by atoms with E-state index in [1.165, 1.54) is 5.56 Å². The topological polar surface area (TPSA) is 41.6 Å². The first-order valence-corrected chi connectivity index (χ1v) is 6.64. The molecule has 4 heteroatoms. The average Bonchev–Trinajstić information content (AvgIpc) is 2.27. The number of carbonyl (C=O) groups is 1. The van der Waals surface area contributed by atoms with Gasteiger partial charge in [0.15, 0.2) is 0 Å². The van der Waals surface area contributed by atoms with Gasteiger partial charge in [-0.25, -0.2) is 0 Å². The number of nitrogens with one attached hydrogen (secondary N) is 1.